The van der Waals surface area contributed by atoms with Gasteiger partial charge in [-0.2, -0.15) is 0 Å². The second-order valence-electron chi connectivity index (χ2n) is 6.86. The van der Waals surface area contributed by atoms with E-state index < -0.39 is 0 Å². The van der Waals surface area contributed by atoms with Crippen molar-refractivity contribution in [2.45, 2.75) is 26.5 Å². The molecule has 0 saturated carbocycles. The van der Waals surface area contributed by atoms with Crippen LogP contribution in [0.4, 0.5) is 5.82 Å². The fourth-order valence-corrected chi connectivity index (χ4v) is 4.30. The van der Waals surface area contributed by atoms with Crippen LogP contribution in [0.3, 0.4) is 0 Å². The molecule has 1 amide bonds. The molecule has 1 unspecified atom stereocenters. The molecule has 9 heteroatoms. The van der Waals surface area contributed by atoms with Gasteiger partial charge in [-0.15, -0.1) is 11.3 Å². The molecule has 152 valence electrons. The Morgan fingerprint density at radius 3 is 2.97 bits per heavy atom. The van der Waals surface area contributed by atoms with Gasteiger partial charge in [-0.1, -0.05) is 6.07 Å². The van der Waals surface area contributed by atoms with Crippen molar-refractivity contribution in [1.82, 2.24) is 20.3 Å². The molecule has 0 bridgehead atoms. The molecule has 2 N–H and O–H groups in total. The standard InChI is InChI=1S/C20H23N5O3S/c1-12-4-3-5-14(25-12)8-21-18-16-13(2)17(29-20(16)24-11-23-18)19(26)22-9-15-10-27-6-7-28-15/h3-5,11,15H,6-10H2,1-2H3,(H,22,26)(H,21,23,24). The van der Waals surface area contributed by atoms with Crippen LogP contribution in [0.25, 0.3) is 10.2 Å². The summed E-state index contributed by atoms with van der Waals surface area (Å²) in [5.41, 5.74) is 2.76. The number of thiophene rings is 1. The van der Waals surface area contributed by atoms with E-state index in [2.05, 4.69) is 25.6 Å². The highest BCUT2D eigenvalue weighted by Crippen LogP contribution is 2.33. The molecular weight excluding hydrogens is 390 g/mol. The predicted octanol–water partition coefficient (Wildman–Crippen LogP) is 2.46. The number of carbonyl (C=O) groups excluding carboxylic acids is 1. The highest BCUT2D eigenvalue weighted by atomic mass is 32.1. The number of nitrogens with one attached hydrogen (secondary N) is 2. The molecule has 4 rings (SSSR count). The smallest absolute Gasteiger partial charge is 0.261 e. The van der Waals surface area contributed by atoms with Crippen molar-refractivity contribution in [3.05, 3.63) is 46.4 Å². The minimum absolute atomic E-state index is 0.110. The third-order valence-corrected chi connectivity index (χ3v) is 5.89. The molecule has 4 heterocycles. The fourth-order valence-electron chi connectivity index (χ4n) is 3.24. The van der Waals surface area contributed by atoms with Crippen LogP contribution in [0.15, 0.2) is 24.5 Å². The van der Waals surface area contributed by atoms with E-state index in [9.17, 15) is 4.79 Å². The van der Waals surface area contributed by atoms with Gasteiger partial charge in [0.05, 0.1) is 48.4 Å². The van der Waals surface area contributed by atoms with Crippen molar-refractivity contribution >= 4 is 33.3 Å². The van der Waals surface area contributed by atoms with E-state index in [-0.39, 0.29) is 12.0 Å². The molecule has 0 spiro atoms. The highest BCUT2D eigenvalue weighted by molar-refractivity contribution is 7.20. The van der Waals surface area contributed by atoms with Gasteiger partial charge >= 0.3 is 0 Å². The van der Waals surface area contributed by atoms with Gasteiger partial charge in [-0.25, -0.2) is 9.97 Å². The Morgan fingerprint density at radius 2 is 2.17 bits per heavy atom. The van der Waals surface area contributed by atoms with Crippen molar-refractivity contribution in [2.24, 2.45) is 0 Å². The Morgan fingerprint density at radius 1 is 1.28 bits per heavy atom. The summed E-state index contributed by atoms with van der Waals surface area (Å²) in [4.78, 5) is 27.4. The summed E-state index contributed by atoms with van der Waals surface area (Å²) in [5.74, 6) is 0.570. The lowest BCUT2D eigenvalue weighted by atomic mass is 10.2. The van der Waals surface area contributed by atoms with Crippen LogP contribution in [0.5, 0.6) is 0 Å². The number of aromatic nitrogens is 3. The number of aryl methyl sites for hydroxylation is 2. The number of hydrogen-bond acceptors (Lipinski definition) is 8. The first-order chi connectivity index (χ1) is 14.1. The van der Waals surface area contributed by atoms with E-state index in [1.807, 2.05) is 32.0 Å². The first-order valence-corrected chi connectivity index (χ1v) is 10.3. The van der Waals surface area contributed by atoms with Crippen molar-refractivity contribution in [3.8, 4) is 0 Å². The maximum atomic E-state index is 12.7. The summed E-state index contributed by atoms with van der Waals surface area (Å²) in [6.45, 7) is 6.51. The molecule has 1 aliphatic rings. The van der Waals surface area contributed by atoms with Gasteiger partial charge in [0.15, 0.2) is 0 Å². The van der Waals surface area contributed by atoms with Crippen LogP contribution in [0.1, 0.15) is 26.6 Å². The van der Waals surface area contributed by atoms with Crippen molar-refractivity contribution in [3.63, 3.8) is 0 Å². The lowest BCUT2D eigenvalue weighted by Gasteiger charge is -2.22. The molecule has 3 aromatic rings. The molecule has 29 heavy (non-hydrogen) atoms. The number of carbonyl (C=O) groups is 1. The van der Waals surface area contributed by atoms with Crippen LogP contribution in [0.2, 0.25) is 0 Å². The van der Waals surface area contributed by atoms with Gasteiger partial charge in [0.1, 0.15) is 17.0 Å². The molecule has 8 nitrogen and oxygen atoms in total. The Balaban J connectivity index is 1.50. The first-order valence-electron chi connectivity index (χ1n) is 9.50. The number of fused-ring (bicyclic) bond motifs is 1. The molecular formula is C20H23N5O3S. The van der Waals surface area contributed by atoms with E-state index in [1.165, 1.54) is 17.7 Å². The van der Waals surface area contributed by atoms with Crippen LogP contribution in [-0.2, 0) is 16.0 Å². The minimum Gasteiger partial charge on any atom is -0.376 e. The lowest BCUT2D eigenvalue weighted by molar-refractivity contribution is -0.0855. The molecule has 0 aliphatic carbocycles. The maximum Gasteiger partial charge on any atom is 0.261 e. The second kappa shape index (κ2) is 8.81. The van der Waals surface area contributed by atoms with Gasteiger partial charge < -0.3 is 20.1 Å². The zero-order valence-electron chi connectivity index (χ0n) is 16.4. The van der Waals surface area contributed by atoms with E-state index in [0.717, 1.165) is 27.2 Å². The average molecular weight is 414 g/mol. The van der Waals surface area contributed by atoms with Gasteiger partial charge in [-0.3, -0.25) is 9.78 Å². The first kappa shape index (κ1) is 19.7. The maximum absolute atomic E-state index is 12.7. The van der Waals surface area contributed by atoms with Crippen LogP contribution >= 0.6 is 11.3 Å². The lowest BCUT2D eigenvalue weighted by Crippen LogP contribution is -2.39. The normalized spacial score (nSPS) is 16.7. The van der Waals surface area contributed by atoms with Gasteiger partial charge in [0, 0.05) is 12.2 Å². The molecule has 3 aromatic heterocycles. The third-order valence-electron chi connectivity index (χ3n) is 4.69. The molecule has 0 aromatic carbocycles. The van der Waals surface area contributed by atoms with E-state index in [4.69, 9.17) is 9.47 Å². The summed E-state index contributed by atoms with van der Waals surface area (Å²) in [7, 11) is 0. The number of hydrogen-bond donors (Lipinski definition) is 2. The number of nitrogens with zero attached hydrogens (tertiary/aromatic N) is 3. The van der Waals surface area contributed by atoms with Gasteiger partial charge in [0.25, 0.3) is 5.91 Å². The zero-order chi connectivity index (χ0) is 20.2. The number of rotatable bonds is 6. The average Bonchev–Trinajstić information content (AvgIpc) is 3.09. The molecule has 0 radical (unpaired) electrons. The highest BCUT2D eigenvalue weighted by Gasteiger charge is 2.21. The van der Waals surface area contributed by atoms with Crippen LogP contribution in [0, 0.1) is 13.8 Å². The number of anilines is 1. The van der Waals surface area contributed by atoms with Crippen LogP contribution < -0.4 is 10.6 Å². The zero-order valence-corrected chi connectivity index (χ0v) is 17.2. The number of ether oxygens (including phenoxy) is 2. The van der Waals surface area contributed by atoms with Crippen molar-refractivity contribution < 1.29 is 14.3 Å². The van der Waals surface area contributed by atoms with E-state index >= 15 is 0 Å². The largest absolute Gasteiger partial charge is 0.376 e. The Hall–Kier alpha value is -2.62. The summed E-state index contributed by atoms with van der Waals surface area (Å²) in [6, 6.07) is 5.91. The SMILES string of the molecule is Cc1cccc(CNc2ncnc3sc(C(=O)NCC4COCCO4)c(C)c23)n1. The summed E-state index contributed by atoms with van der Waals surface area (Å²) < 4.78 is 11.0. The quantitative estimate of drug-likeness (QED) is 0.640. The molecule has 1 saturated heterocycles. The van der Waals surface area contributed by atoms with Crippen molar-refractivity contribution in [1.29, 1.82) is 0 Å². The predicted molar refractivity (Wildman–Crippen MR) is 111 cm³/mol. The van der Waals surface area contributed by atoms with E-state index in [0.29, 0.717) is 43.6 Å². The number of amides is 1. The number of pyridine rings is 1. The fraction of sp³-hybridized carbons (Fsp3) is 0.400. The van der Waals surface area contributed by atoms with E-state index in [1.54, 1.807) is 0 Å². The van der Waals surface area contributed by atoms with Gasteiger partial charge in [0.2, 0.25) is 0 Å². The third kappa shape index (κ3) is 4.52. The Labute approximate surface area is 172 Å². The second-order valence-corrected chi connectivity index (χ2v) is 7.86. The van der Waals surface area contributed by atoms with Crippen LogP contribution in [-0.4, -0.2) is 53.3 Å². The molecule has 1 aliphatic heterocycles. The molecule has 1 atom stereocenters. The Bertz CT molecular complexity index is 1020. The topological polar surface area (TPSA) is 98.3 Å². The van der Waals surface area contributed by atoms with Crippen molar-refractivity contribution in [2.75, 3.05) is 31.7 Å². The summed E-state index contributed by atoms with van der Waals surface area (Å²) in [5, 5.41) is 7.14. The monoisotopic (exact) mass is 413 g/mol. The summed E-state index contributed by atoms with van der Waals surface area (Å²) >= 11 is 1.37. The summed E-state index contributed by atoms with van der Waals surface area (Å²) in [6.07, 6.45) is 1.40. The molecule has 1 fully saturated rings. The van der Waals surface area contributed by atoms with Gasteiger partial charge in [-0.05, 0) is 31.5 Å². The minimum atomic E-state index is -0.133. The Kier molecular flexibility index (Phi) is 5.98.